The van der Waals surface area contributed by atoms with E-state index in [-0.39, 0.29) is 5.60 Å². The Bertz CT molecular complexity index is 165. The first-order chi connectivity index (χ1) is 5.97. The summed E-state index contributed by atoms with van der Waals surface area (Å²) >= 11 is 0. The molecular weight excluding hydrogens is 164 g/mol. The monoisotopic (exact) mass is 186 g/mol. The molecule has 1 unspecified atom stereocenters. The topological polar surface area (TPSA) is 29.5 Å². The van der Waals surface area contributed by atoms with Gasteiger partial charge >= 0.3 is 0 Å². The Morgan fingerprint density at radius 2 is 2.08 bits per heavy atom. The van der Waals surface area contributed by atoms with Gasteiger partial charge in [-0.3, -0.25) is 0 Å². The van der Waals surface area contributed by atoms with E-state index < -0.39 is 5.60 Å². The summed E-state index contributed by atoms with van der Waals surface area (Å²) in [6.45, 7) is 6.98. The van der Waals surface area contributed by atoms with Crippen molar-refractivity contribution in [1.82, 2.24) is 0 Å². The van der Waals surface area contributed by atoms with E-state index in [9.17, 15) is 5.11 Å². The van der Waals surface area contributed by atoms with Crippen LogP contribution in [0.3, 0.4) is 0 Å². The normalized spacial score (nSPS) is 33.2. The Morgan fingerprint density at radius 3 is 2.62 bits per heavy atom. The maximum atomic E-state index is 10.3. The van der Waals surface area contributed by atoms with Gasteiger partial charge in [0.2, 0.25) is 0 Å². The van der Waals surface area contributed by atoms with E-state index >= 15 is 0 Å². The first-order valence-electron chi connectivity index (χ1n) is 5.34. The highest BCUT2D eigenvalue weighted by Crippen LogP contribution is 2.35. The average Bonchev–Trinajstić information content (AvgIpc) is 1.98. The minimum atomic E-state index is -0.461. The summed E-state index contributed by atoms with van der Waals surface area (Å²) in [5.74, 6) is 0. The SMILES string of the molecule is CCCCC1(O)CCOC(C)(C)C1. The number of hydrogen-bond donors (Lipinski definition) is 1. The molecule has 1 aliphatic rings. The molecule has 1 atom stereocenters. The van der Waals surface area contributed by atoms with Crippen LogP contribution in [0.25, 0.3) is 0 Å². The molecule has 1 fully saturated rings. The lowest BCUT2D eigenvalue weighted by Gasteiger charge is -2.41. The summed E-state index contributed by atoms with van der Waals surface area (Å²) in [4.78, 5) is 0. The van der Waals surface area contributed by atoms with E-state index in [1.54, 1.807) is 0 Å². The van der Waals surface area contributed by atoms with Crippen molar-refractivity contribution < 1.29 is 9.84 Å². The van der Waals surface area contributed by atoms with Gasteiger partial charge in [-0.2, -0.15) is 0 Å². The molecule has 0 saturated carbocycles. The van der Waals surface area contributed by atoms with E-state index in [1.807, 2.05) is 0 Å². The van der Waals surface area contributed by atoms with Crippen molar-refractivity contribution in [1.29, 1.82) is 0 Å². The summed E-state index contributed by atoms with van der Waals surface area (Å²) < 4.78 is 5.58. The summed E-state index contributed by atoms with van der Waals surface area (Å²) in [5, 5.41) is 10.3. The van der Waals surface area contributed by atoms with E-state index in [1.165, 1.54) is 0 Å². The predicted octanol–water partition coefficient (Wildman–Crippen LogP) is 2.50. The Labute approximate surface area is 81.3 Å². The van der Waals surface area contributed by atoms with Crippen molar-refractivity contribution in [2.45, 2.75) is 64.1 Å². The molecule has 1 aliphatic heterocycles. The minimum Gasteiger partial charge on any atom is -0.390 e. The first kappa shape index (κ1) is 11.0. The first-order valence-corrected chi connectivity index (χ1v) is 5.34. The van der Waals surface area contributed by atoms with Gasteiger partial charge in [0.1, 0.15) is 0 Å². The fourth-order valence-electron chi connectivity index (χ4n) is 2.17. The zero-order valence-electron chi connectivity index (χ0n) is 9.10. The van der Waals surface area contributed by atoms with Gasteiger partial charge in [0, 0.05) is 6.42 Å². The van der Waals surface area contributed by atoms with Gasteiger partial charge in [-0.25, -0.2) is 0 Å². The molecule has 0 aromatic rings. The van der Waals surface area contributed by atoms with Gasteiger partial charge in [-0.05, 0) is 26.7 Å². The highest BCUT2D eigenvalue weighted by atomic mass is 16.5. The second kappa shape index (κ2) is 3.97. The van der Waals surface area contributed by atoms with Crippen molar-refractivity contribution in [3.05, 3.63) is 0 Å². The Kier molecular flexibility index (Phi) is 3.36. The minimum absolute atomic E-state index is 0.138. The molecule has 0 aromatic carbocycles. The molecule has 2 nitrogen and oxygen atoms in total. The maximum Gasteiger partial charge on any atom is 0.0697 e. The fourth-order valence-corrected chi connectivity index (χ4v) is 2.17. The zero-order chi connectivity index (χ0) is 9.95. The largest absolute Gasteiger partial charge is 0.390 e. The lowest BCUT2D eigenvalue weighted by atomic mass is 9.81. The molecule has 2 heteroatoms. The molecule has 0 aromatic heterocycles. The number of rotatable bonds is 3. The highest BCUT2D eigenvalue weighted by Gasteiger charge is 2.38. The molecule has 1 heterocycles. The van der Waals surface area contributed by atoms with E-state index in [0.717, 1.165) is 32.1 Å². The van der Waals surface area contributed by atoms with Crippen molar-refractivity contribution in [2.24, 2.45) is 0 Å². The number of ether oxygens (including phenoxy) is 1. The molecule has 13 heavy (non-hydrogen) atoms. The van der Waals surface area contributed by atoms with E-state index in [0.29, 0.717) is 6.61 Å². The van der Waals surface area contributed by atoms with Crippen LogP contribution in [0.15, 0.2) is 0 Å². The second-order valence-corrected chi connectivity index (χ2v) is 4.86. The standard InChI is InChI=1S/C11H22O2/c1-4-5-6-11(12)7-8-13-10(2,3)9-11/h12H,4-9H2,1-3H3. The van der Waals surface area contributed by atoms with Gasteiger partial charge in [-0.15, -0.1) is 0 Å². The fraction of sp³-hybridized carbons (Fsp3) is 1.00. The molecule has 1 saturated heterocycles. The van der Waals surface area contributed by atoms with Gasteiger partial charge in [0.15, 0.2) is 0 Å². The van der Waals surface area contributed by atoms with Gasteiger partial charge in [-0.1, -0.05) is 19.8 Å². The molecule has 0 amide bonds. The van der Waals surface area contributed by atoms with Gasteiger partial charge in [0.05, 0.1) is 17.8 Å². The molecular formula is C11H22O2. The Balaban J connectivity index is 2.47. The number of aliphatic hydroxyl groups is 1. The number of hydrogen-bond acceptors (Lipinski definition) is 2. The molecule has 0 radical (unpaired) electrons. The number of unbranched alkanes of at least 4 members (excludes halogenated alkanes) is 1. The summed E-state index contributed by atoms with van der Waals surface area (Å²) in [6.07, 6.45) is 4.78. The zero-order valence-corrected chi connectivity index (χ0v) is 9.10. The lowest BCUT2D eigenvalue weighted by Crippen LogP contribution is -2.45. The van der Waals surface area contributed by atoms with Crippen LogP contribution in [0.1, 0.15) is 52.9 Å². The van der Waals surface area contributed by atoms with Crippen molar-refractivity contribution >= 4 is 0 Å². The lowest BCUT2D eigenvalue weighted by molar-refractivity contribution is -0.146. The smallest absolute Gasteiger partial charge is 0.0697 e. The molecule has 0 spiro atoms. The van der Waals surface area contributed by atoms with Crippen LogP contribution in [0.5, 0.6) is 0 Å². The second-order valence-electron chi connectivity index (χ2n) is 4.86. The van der Waals surface area contributed by atoms with Crippen molar-refractivity contribution in [2.75, 3.05) is 6.61 Å². The van der Waals surface area contributed by atoms with E-state index in [4.69, 9.17) is 4.74 Å². The van der Waals surface area contributed by atoms with Gasteiger partial charge < -0.3 is 9.84 Å². The maximum absolute atomic E-state index is 10.3. The quantitative estimate of drug-likeness (QED) is 0.733. The predicted molar refractivity (Wildman–Crippen MR) is 53.7 cm³/mol. The molecule has 1 N–H and O–H groups in total. The van der Waals surface area contributed by atoms with Crippen LogP contribution in [0.2, 0.25) is 0 Å². The Hall–Kier alpha value is -0.0800. The van der Waals surface area contributed by atoms with Crippen molar-refractivity contribution in [3.63, 3.8) is 0 Å². The summed E-state index contributed by atoms with van der Waals surface area (Å²) in [6, 6.07) is 0. The third kappa shape index (κ3) is 3.28. The Morgan fingerprint density at radius 1 is 1.38 bits per heavy atom. The van der Waals surface area contributed by atoms with Crippen LogP contribution in [0, 0.1) is 0 Å². The molecule has 78 valence electrons. The van der Waals surface area contributed by atoms with Crippen LogP contribution in [-0.2, 0) is 4.74 Å². The third-order valence-corrected chi connectivity index (χ3v) is 2.81. The summed E-state index contributed by atoms with van der Waals surface area (Å²) in [5.41, 5.74) is -0.599. The molecule has 1 rings (SSSR count). The molecule has 0 bridgehead atoms. The van der Waals surface area contributed by atoms with Gasteiger partial charge in [0.25, 0.3) is 0 Å². The van der Waals surface area contributed by atoms with Crippen LogP contribution < -0.4 is 0 Å². The highest BCUT2D eigenvalue weighted by molar-refractivity contribution is 4.90. The van der Waals surface area contributed by atoms with Crippen LogP contribution in [0.4, 0.5) is 0 Å². The van der Waals surface area contributed by atoms with Crippen molar-refractivity contribution in [3.8, 4) is 0 Å². The van der Waals surface area contributed by atoms with E-state index in [2.05, 4.69) is 20.8 Å². The summed E-state index contributed by atoms with van der Waals surface area (Å²) in [7, 11) is 0. The van der Waals surface area contributed by atoms with Crippen LogP contribution >= 0.6 is 0 Å². The average molecular weight is 186 g/mol. The third-order valence-electron chi connectivity index (χ3n) is 2.81. The molecule has 0 aliphatic carbocycles. The van der Waals surface area contributed by atoms with Crippen LogP contribution in [-0.4, -0.2) is 22.9 Å².